The lowest BCUT2D eigenvalue weighted by molar-refractivity contribution is -0.114. The molecular formula is C34H23NO6. The van der Waals surface area contributed by atoms with E-state index in [0.29, 0.717) is 39.8 Å². The Labute approximate surface area is 235 Å². The Bertz CT molecular complexity index is 1790. The number of carbonyl (C=O) groups excluding carboxylic acids is 2. The van der Waals surface area contributed by atoms with Gasteiger partial charge in [0.2, 0.25) is 13.6 Å². The molecule has 3 aliphatic heterocycles. The number of ether oxygens (including phenoxy) is 4. The number of nitrogens with zero attached hydrogens (tertiary/aromatic N) is 1. The van der Waals surface area contributed by atoms with Crippen LogP contribution in [-0.4, -0.2) is 25.8 Å². The summed E-state index contributed by atoms with van der Waals surface area (Å²) < 4.78 is 22.8. The van der Waals surface area contributed by atoms with Gasteiger partial charge in [0.05, 0.1) is 5.57 Å². The van der Waals surface area contributed by atoms with Gasteiger partial charge >= 0.3 is 0 Å². The molecule has 3 heterocycles. The summed E-state index contributed by atoms with van der Waals surface area (Å²) >= 11 is 0. The maximum atomic E-state index is 14.7. The molecule has 0 spiro atoms. The van der Waals surface area contributed by atoms with Crippen molar-refractivity contribution in [1.29, 1.82) is 0 Å². The molecule has 0 fully saturated rings. The van der Waals surface area contributed by atoms with E-state index in [0.717, 1.165) is 28.5 Å². The van der Waals surface area contributed by atoms with Crippen LogP contribution in [0.2, 0.25) is 0 Å². The van der Waals surface area contributed by atoms with Gasteiger partial charge in [0.25, 0.3) is 5.91 Å². The number of rotatable bonds is 5. The third kappa shape index (κ3) is 3.26. The zero-order valence-corrected chi connectivity index (χ0v) is 21.8. The summed E-state index contributed by atoms with van der Waals surface area (Å²) in [6.45, 7) is 0.250. The second-order valence-electron chi connectivity index (χ2n) is 10.3. The molecule has 0 unspecified atom stereocenters. The van der Waals surface area contributed by atoms with Crippen LogP contribution in [0.3, 0.4) is 0 Å². The number of benzene rings is 4. The highest BCUT2D eigenvalue weighted by Crippen LogP contribution is 2.63. The lowest BCUT2D eigenvalue weighted by Crippen LogP contribution is -2.49. The van der Waals surface area contributed by atoms with Crippen LogP contribution in [0.15, 0.2) is 114 Å². The molecule has 7 heteroatoms. The first-order chi connectivity index (χ1) is 20.2. The van der Waals surface area contributed by atoms with Gasteiger partial charge in [0.15, 0.2) is 23.0 Å². The molecule has 0 saturated heterocycles. The van der Waals surface area contributed by atoms with Crippen molar-refractivity contribution in [1.82, 2.24) is 0 Å². The van der Waals surface area contributed by atoms with Crippen LogP contribution in [0.5, 0.6) is 23.0 Å². The predicted octanol–water partition coefficient (Wildman–Crippen LogP) is 5.76. The molecule has 0 aromatic heterocycles. The van der Waals surface area contributed by atoms with E-state index in [9.17, 15) is 9.59 Å². The topological polar surface area (TPSA) is 74.3 Å². The minimum atomic E-state index is -1.12. The Hall–Kier alpha value is -5.30. The summed E-state index contributed by atoms with van der Waals surface area (Å²) in [4.78, 5) is 29.5. The van der Waals surface area contributed by atoms with E-state index in [1.807, 2.05) is 108 Å². The van der Waals surface area contributed by atoms with E-state index < -0.39 is 11.5 Å². The van der Waals surface area contributed by atoms with E-state index in [1.54, 1.807) is 0 Å². The molecule has 7 nitrogen and oxygen atoms in total. The average molecular weight is 542 g/mol. The standard InChI is InChI=1S/C34H23NO6/c36-18-23-15-26-31(21-7-3-1-4-8-21)33(37)35(25-9-5-2-6-10-25)34(26,24-12-14-28-30(17-24)41-20-39-28)32(23)22-11-13-27-29(16-22)40-19-38-27/h1-18,32H,19-20H2/t32-,34+/m1/s1. The molecule has 0 N–H and O–H groups in total. The van der Waals surface area contributed by atoms with Gasteiger partial charge < -0.3 is 18.9 Å². The maximum absolute atomic E-state index is 14.7. The van der Waals surface area contributed by atoms with Gasteiger partial charge in [0, 0.05) is 17.2 Å². The molecule has 0 radical (unpaired) electrons. The summed E-state index contributed by atoms with van der Waals surface area (Å²) in [5.41, 5.74) is 3.86. The zero-order chi connectivity index (χ0) is 27.6. The molecule has 1 aliphatic carbocycles. The lowest BCUT2D eigenvalue weighted by Gasteiger charge is -2.44. The van der Waals surface area contributed by atoms with E-state index >= 15 is 0 Å². The molecule has 41 heavy (non-hydrogen) atoms. The Morgan fingerprint density at radius 1 is 0.732 bits per heavy atom. The van der Waals surface area contributed by atoms with Gasteiger partial charge in [-0.2, -0.15) is 0 Å². The summed E-state index contributed by atoms with van der Waals surface area (Å²) in [5.74, 6) is 1.76. The molecule has 2 atom stereocenters. The number of fused-ring (bicyclic) bond motifs is 3. The molecule has 0 bridgehead atoms. The van der Waals surface area contributed by atoms with Gasteiger partial charge in [-0.1, -0.05) is 60.7 Å². The van der Waals surface area contributed by atoms with Gasteiger partial charge in [-0.25, -0.2) is 0 Å². The van der Waals surface area contributed by atoms with Gasteiger partial charge in [-0.05, 0) is 64.7 Å². The first-order valence-electron chi connectivity index (χ1n) is 13.4. The van der Waals surface area contributed by atoms with E-state index in [4.69, 9.17) is 18.9 Å². The minimum absolute atomic E-state index is 0.120. The maximum Gasteiger partial charge on any atom is 0.260 e. The zero-order valence-electron chi connectivity index (χ0n) is 21.8. The Morgan fingerprint density at radius 3 is 2.07 bits per heavy atom. The number of hydrogen-bond donors (Lipinski definition) is 0. The van der Waals surface area contributed by atoms with E-state index in [-0.39, 0.29) is 19.5 Å². The largest absolute Gasteiger partial charge is 0.454 e. The third-order valence-electron chi connectivity index (χ3n) is 8.27. The minimum Gasteiger partial charge on any atom is -0.454 e. The fourth-order valence-electron chi connectivity index (χ4n) is 6.65. The van der Waals surface area contributed by atoms with Crippen LogP contribution in [0.25, 0.3) is 5.57 Å². The van der Waals surface area contributed by atoms with Crippen LogP contribution in [0, 0.1) is 0 Å². The van der Waals surface area contributed by atoms with Crippen LogP contribution in [0.4, 0.5) is 5.69 Å². The normalized spacial score (nSPS) is 21.8. The lowest BCUT2D eigenvalue weighted by atomic mass is 9.71. The van der Waals surface area contributed by atoms with Crippen LogP contribution >= 0.6 is 0 Å². The molecule has 1 amide bonds. The van der Waals surface area contributed by atoms with Crippen molar-refractivity contribution in [2.75, 3.05) is 18.5 Å². The number of hydrogen-bond acceptors (Lipinski definition) is 6. The summed E-state index contributed by atoms with van der Waals surface area (Å²) in [5, 5.41) is 0. The highest BCUT2D eigenvalue weighted by molar-refractivity contribution is 6.32. The monoisotopic (exact) mass is 541 g/mol. The molecule has 8 rings (SSSR count). The van der Waals surface area contributed by atoms with Crippen molar-refractivity contribution in [3.8, 4) is 23.0 Å². The first-order valence-corrected chi connectivity index (χ1v) is 13.4. The summed E-state index contributed by atoms with van der Waals surface area (Å²) in [6, 6.07) is 30.7. The average Bonchev–Trinajstić information content (AvgIpc) is 3.79. The second-order valence-corrected chi connectivity index (χ2v) is 10.3. The molecule has 4 aromatic rings. The van der Waals surface area contributed by atoms with Crippen LogP contribution in [0.1, 0.15) is 22.6 Å². The number of anilines is 1. The number of amides is 1. The summed E-state index contributed by atoms with van der Waals surface area (Å²) in [7, 11) is 0. The van der Waals surface area contributed by atoms with Crippen molar-refractivity contribution < 1.29 is 28.5 Å². The highest BCUT2D eigenvalue weighted by atomic mass is 16.7. The Balaban J connectivity index is 1.49. The van der Waals surface area contributed by atoms with Crippen molar-refractivity contribution in [2.45, 2.75) is 11.5 Å². The molecule has 0 saturated carbocycles. The van der Waals surface area contributed by atoms with Crippen molar-refractivity contribution in [3.63, 3.8) is 0 Å². The smallest absolute Gasteiger partial charge is 0.260 e. The highest BCUT2D eigenvalue weighted by Gasteiger charge is 2.61. The SMILES string of the molecule is O=CC1=CC2=C(c3ccccc3)C(=O)N(c3ccccc3)[C@]2(c2ccc3c(c2)OCO3)[C@@H]1c1ccc2c(c1)OCO2. The first kappa shape index (κ1) is 23.6. The number of carbonyl (C=O) groups is 2. The molecule has 4 aliphatic rings. The van der Waals surface area contributed by atoms with Crippen LogP contribution in [-0.2, 0) is 15.1 Å². The number of para-hydroxylation sites is 1. The Morgan fingerprint density at radius 2 is 1.37 bits per heavy atom. The Kier molecular flexibility index (Phi) is 5.09. The van der Waals surface area contributed by atoms with Crippen LogP contribution < -0.4 is 23.8 Å². The van der Waals surface area contributed by atoms with Gasteiger partial charge in [-0.3, -0.25) is 14.5 Å². The van der Waals surface area contributed by atoms with E-state index in [2.05, 4.69) is 0 Å². The molecular weight excluding hydrogens is 518 g/mol. The number of aldehydes is 1. The van der Waals surface area contributed by atoms with Gasteiger partial charge in [0.1, 0.15) is 11.8 Å². The fourth-order valence-corrected chi connectivity index (χ4v) is 6.65. The third-order valence-corrected chi connectivity index (χ3v) is 8.27. The molecule has 200 valence electrons. The quantitative estimate of drug-likeness (QED) is 0.299. The predicted molar refractivity (Wildman–Crippen MR) is 151 cm³/mol. The van der Waals surface area contributed by atoms with Crippen molar-refractivity contribution in [3.05, 3.63) is 131 Å². The van der Waals surface area contributed by atoms with Crippen molar-refractivity contribution >= 4 is 23.5 Å². The molecule has 4 aromatic carbocycles. The summed E-state index contributed by atoms with van der Waals surface area (Å²) in [6.07, 6.45) is 2.78. The van der Waals surface area contributed by atoms with E-state index in [1.165, 1.54) is 0 Å². The second kappa shape index (κ2) is 8.86. The van der Waals surface area contributed by atoms with Crippen molar-refractivity contribution in [2.24, 2.45) is 0 Å². The fraction of sp³-hybridized carbons (Fsp3) is 0.118. The van der Waals surface area contributed by atoms with Gasteiger partial charge in [-0.15, -0.1) is 0 Å².